The second kappa shape index (κ2) is 4.12. The van der Waals surface area contributed by atoms with E-state index in [0.29, 0.717) is 5.69 Å². The van der Waals surface area contributed by atoms with E-state index in [1.54, 1.807) is 18.2 Å². The van der Waals surface area contributed by atoms with Crippen LogP contribution in [0.4, 0.5) is 5.69 Å². The molecule has 4 nitrogen and oxygen atoms in total. The topological polar surface area (TPSA) is 57.6 Å². The molecule has 1 N–H and O–H groups in total. The zero-order valence-electron chi connectivity index (χ0n) is 10.0. The van der Waals surface area contributed by atoms with Crippen molar-refractivity contribution in [2.45, 2.75) is 25.7 Å². The minimum absolute atomic E-state index is 0.0159. The molecular weight excluding hydrogens is 230 g/mol. The van der Waals surface area contributed by atoms with E-state index in [1.165, 1.54) is 11.0 Å². The van der Waals surface area contributed by atoms with Crippen molar-refractivity contribution in [1.29, 1.82) is 0 Å². The molecule has 4 heteroatoms. The number of carbonyl (C=O) groups excluding carboxylic acids is 2. The lowest BCUT2D eigenvalue weighted by molar-refractivity contribution is -0.122. The number of phenolic OH excluding ortho intramolecular Hbond substituents is 1. The second-order valence-corrected chi connectivity index (χ2v) is 5.00. The Kier molecular flexibility index (Phi) is 2.58. The summed E-state index contributed by atoms with van der Waals surface area (Å²) in [6.45, 7) is 0. The Labute approximate surface area is 105 Å². The van der Waals surface area contributed by atoms with Crippen LogP contribution in [0.1, 0.15) is 25.7 Å². The van der Waals surface area contributed by atoms with Crippen LogP contribution in [0.25, 0.3) is 0 Å². The summed E-state index contributed by atoms with van der Waals surface area (Å²) < 4.78 is 0. The number of imide groups is 1. The van der Waals surface area contributed by atoms with E-state index in [-0.39, 0.29) is 29.4 Å². The molecule has 2 fully saturated rings. The number of hydrogen-bond donors (Lipinski definition) is 1. The molecule has 18 heavy (non-hydrogen) atoms. The first-order chi connectivity index (χ1) is 8.70. The normalized spacial score (nSPS) is 27.4. The molecular formula is C14H15NO3. The van der Waals surface area contributed by atoms with Gasteiger partial charge in [-0.1, -0.05) is 25.0 Å². The third kappa shape index (κ3) is 1.52. The Morgan fingerprint density at radius 3 is 2.11 bits per heavy atom. The molecule has 1 aliphatic carbocycles. The quantitative estimate of drug-likeness (QED) is 0.770. The van der Waals surface area contributed by atoms with Gasteiger partial charge in [-0.05, 0) is 25.0 Å². The van der Waals surface area contributed by atoms with Gasteiger partial charge >= 0.3 is 0 Å². The summed E-state index contributed by atoms with van der Waals surface area (Å²) in [6, 6.07) is 6.51. The van der Waals surface area contributed by atoms with Gasteiger partial charge in [0.2, 0.25) is 11.8 Å². The minimum Gasteiger partial charge on any atom is -0.506 e. The molecule has 2 unspecified atom stereocenters. The largest absolute Gasteiger partial charge is 0.506 e. The van der Waals surface area contributed by atoms with Gasteiger partial charge in [0.1, 0.15) is 5.75 Å². The van der Waals surface area contributed by atoms with E-state index in [9.17, 15) is 14.7 Å². The maximum atomic E-state index is 12.3. The molecule has 94 valence electrons. The van der Waals surface area contributed by atoms with Crippen molar-refractivity contribution >= 4 is 17.5 Å². The highest BCUT2D eigenvalue weighted by atomic mass is 16.3. The van der Waals surface area contributed by atoms with Crippen molar-refractivity contribution in [1.82, 2.24) is 0 Å². The summed E-state index contributed by atoms with van der Waals surface area (Å²) in [7, 11) is 0. The van der Waals surface area contributed by atoms with Gasteiger partial charge in [0.15, 0.2) is 0 Å². The summed E-state index contributed by atoms with van der Waals surface area (Å²) in [6.07, 6.45) is 3.60. The van der Waals surface area contributed by atoms with Crippen LogP contribution >= 0.6 is 0 Å². The van der Waals surface area contributed by atoms with E-state index >= 15 is 0 Å². The van der Waals surface area contributed by atoms with Gasteiger partial charge in [-0.15, -0.1) is 0 Å². The number of nitrogens with zero attached hydrogens (tertiary/aromatic N) is 1. The van der Waals surface area contributed by atoms with Gasteiger partial charge < -0.3 is 5.11 Å². The van der Waals surface area contributed by atoms with E-state index in [4.69, 9.17) is 0 Å². The fourth-order valence-corrected chi connectivity index (χ4v) is 3.05. The summed E-state index contributed by atoms with van der Waals surface area (Å²) in [5, 5.41) is 9.79. The van der Waals surface area contributed by atoms with Crippen molar-refractivity contribution < 1.29 is 14.7 Å². The summed E-state index contributed by atoms with van der Waals surface area (Å²) >= 11 is 0. The highest BCUT2D eigenvalue weighted by Gasteiger charge is 2.49. The number of para-hydroxylation sites is 2. The number of aromatic hydroxyl groups is 1. The number of anilines is 1. The molecule has 0 bridgehead atoms. The van der Waals surface area contributed by atoms with Gasteiger partial charge in [-0.25, -0.2) is 4.90 Å². The SMILES string of the molecule is O=C1C2CCCCC2C(=O)N1c1ccccc1O. The Balaban J connectivity index is 2.00. The van der Waals surface area contributed by atoms with Crippen LogP contribution in [0, 0.1) is 11.8 Å². The van der Waals surface area contributed by atoms with Gasteiger partial charge in [0.05, 0.1) is 17.5 Å². The maximum Gasteiger partial charge on any atom is 0.237 e. The molecule has 1 aliphatic heterocycles. The lowest BCUT2D eigenvalue weighted by Gasteiger charge is -2.19. The predicted octanol–water partition coefficient (Wildman–Crippen LogP) is 2.07. The molecule has 2 amide bonds. The molecule has 1 saturated carbocycles. The molecule has 3 rings (SSSR count). The molecule has 1 aromatic carbocycles. The second-order valence-electron chi connectivity index (χ2n) is 5.00. The number of phenols is 1. The Bertz CT molecular complexity index is 488. The van der Waals surface area contributed by atoms with Gasteiger partial charge in [0.25, 0.3) is 0 Å². The number of benzene rings is 1. The van der Waals surface area contributed by atoms with E-state index < -0.39 is 0 Å². The van der Waals surface area contributed by atoms with Gasteiger partial charge in [-0.3, -0.25) is 9.59 Å². The fraction of sp³-hybridized carbons (Fsp3) is 0.429. The highest BCUT2D eigenvalue weighted by Crippen LogP contribution is 2.41. The Morgan fingerprint density at radius 2 is 1.56 bits per heavy atom. The molecule has 0 aromatic heterocycles. The van der Waals surface area contributed by atoms with Crippen LogP contribution in [0.15, 0.2) is 24.3 Å². The van der Waals surface area contributed by atoms with Crippen LogP contribution in [0.2, 0.25) is 0 Å². The van der Waals surface area contributed by atoms with Crippen LogP contribution < -0.4 is 4.90 Å². The maximum absolute atomic E-state index is 12.3. The molecule has 0 radical (unpaired) electrons. The van der Waals surface area contributed by atoms with Crippen molar-refractivity contribution in [2.75, 3.05) is 4.90 Å². The molecule has 0 spiro atoms. The van der Waals surface area contributed by atoms with Crippen molar-refractivity contribution in [3.8, 4) is 5.75 Å². The third-order valence-electron chi connectivity index (χ3n) is 3.96. The van der Waals surface area contributed by atoms with Crippen LogP contribution in [-0.2, 0) is 9.59 Å². The zero-order valence-corrected chi connectivity index (χ0v) is 10.0. The molecule has 2 atom stereocenters. The van der Waals surface area contributed by atoms with Crippen molar-refractivity contribution in [2.24, 2.45) is 11.8 Å². The lowest BCUT2D eigenvalue weighted by Crippen LogP contribution is -2.30. The van der Waals surface area contributed by atoms with Crippen molar-refractivity contribution in [3.05, 3.63) is 24.3 Å². The molecule has 2 aliphatic rings. The average molecular weight is 245 g/mol. The monoisotopic (exact) mass is 245 g/mol. The average Bonchev–Trinajstić information content (AvgIpc) is 2.64. The van der Waals surface area contributed by atoms with Crippen molar-refractivity contribution in [3.63, 3.8) is 0 Å². The van der Waals surface area contributed by atoms with Gasteiger partial charge in [0, 0.05) is 0 Å². The minimum atomic E-state index is -0.175. The first kappa shape index (κ1) is 11.3. The summed E-state index contributed by atoms with van der Waals surface area (Å²) in [5.74, 6) is -0.660. The molecule has 1 heterocycles. The van der Waals surface area contributed by atoms with Crippen LogP contribution in [0.3, 0.4) is 0 Å². The smallest absolute Gasteiger partial charge is 0.237 e. The van der Waals surface area contributed by atoms with Gasteiger partial charge in [-0.2, -0.15) is 0 Å². The van der Waals surface area contributed by atoms with E-state index in [1.807, 2.05) is 0 Å². The van der Waals surface area contributed by atoms with Crippen LogP contribution in [0.5, 0.6) is 5.75 Å². The van der Waals surface area contributed by atoms with E-state index in [0.717, 1.165) is 25.7 Å². The first-order valence-electron chi connectivity index (χ1n) is 6.36. The summed E-state index contributed by atoms with van der Waals surface area (Å²) in [4.78, 5) is 25.8. The number of rotatable bonds is 1. The number of amides is 2. The predicted molar refractivity (Wildman–Crippen MR) is 66.0 cm³/mol. The number of fused-ring (bicyclic) bond motifs is 1. The zero-order chi connectivity index (χ0) is 12.7. The van der Waals surface area contributed by atoms with E-state index in [2.05, 4.69) is 0 Å². The molecule has 1 aromatic rings. The molecule has 1 saturated heterocycles. The number of hydrogen-bond acceptors (Lipinski definition) is 3. The Morgan fingerprint density at radius 1 is 1.00 bits per heavy atom. The number of carbonyl (C=O) groups is 2. The first-order valence-corrected chi connectivity index (χ1v) is 6.36. The Hall–Kier alpha value is -1.84. The standard InChI is InChI=1S/C14H15NO3/c16-12-8-4-3-7-11(12)15-13(17)9-5-1-2-6-10(9)14(15)18/h3-4,7-10,16H,1-2,5-6H2. The fourth-order valence-electron chi connectivity index (χ4n) is 3.05. The third-order valence-corrected chi connectivity index (χ3v) is 3.96. The van der Waals surface area contributed by atoms with Crippen LogP contribution in [-0.4, -0.2) is 16.9 Å². The highest BCUT2D eigenvalue weighted by molar-refractivity contribution is 6.22. The lowest BCUT2D eigenvalue weighted by atomic mass is 9.81. The summed E-state index contributed by atoms with van der Waals surface area (Å²) in [5.41, 5.74) is 0.321.